The van der Waals surface area contributed by atoms with Gasteiger partial charge in [-0.3, -0.25) is 14.5 Å². The predicted molar refractivity (Wildman–Crippen MR) is 81.3 cm³/mol. The molecule has 100 valence electrons. The average Bonchev–Trinajstić information content (AvgIpc) is 2.80. The van der Waals surface area contributed by atoms with Gasteiger partial charge in [0.2, 0.25) is 0 Å². The quantitative estimate of drug-likeness (QED) is 0.849. The van der Waals surface area contributed by atoms with E-state index < -0.39 is 5.37 Å². The lowest BCUT2D eigenvalue weighted by Crippen LogP contribution is -2.37. The molecule has 0 saturated carbocycles. The molecule has 0 N–H and O–H groups in total. The molecule has 0 aromatic heterocycles. The van der Waals surface area contributed by atoms with Gasteiger partial charge < -0.3 is 0 Å². The summed E-state index contributed by atoms with van der Waals surface area (Å²) in [6.45, 7) is 0. The molecule has 4 heteroatoms. The summed E-state index contributed by atoms with van der Waals surface area (Å²) >= 11 is 1.38. The third kappa shape index (κ3) is 1.93. The second-order valence-corrected chi connectivity index (χ2v) is 5.43. The number of carbonyl (C=O) groups is 2. The second kappa shape index (κ2) is 5.13. The molecule has 0 aliphatic carbocycles. The van der Waals surface area contributed by atoms with Gasteiger partial charge in [0.15, 0.2) is 5.78 Å². The number of fused-ring (bicyclic) bond motifs is 1. The van der Waals surface area contributed by atoms with E-state index >= 15 is 0 Å². The van der Waals surface area contributed by atoms with Crippen LogP contribution in [0.5, 0.6) is 0 Å². The molecule has 0 saturated heterocycles. The third-order valence-corrected chi connectivity index (χ3v) is 4.22. The van der Waals surface area contributed by atoms with Crippen molar-refractivity contribution < 1.29 is 9.59 Å². The van der Waals surface area contributed by atoms with Crippen LogP contribution in [0.1, 0.15) is 20.7 Å². The highest BCUT2D eigenvalue weighted by molar-refractivity contribution is 8.00. The van der Waals surface area contributed by atoms with Gasteiger partial charge in [-0.25, -0.2) is 0 Å². The first-order chi connectivity index (χ1) is 9.74. The lowest BCUT2D eigenvalue weighted by molar-refractivity contribution is 0.0942. The van der Waals surface area contributed by atoms with Gasteiger partial charge in [-0.1, -0.05) is 30.3 Å². The summed E-state index contributed by atoms with van der Waals surface area (Å²) < 4.78 is 0. The van der Waals surface area contributed by atoms with Gasteiger partial charge in [-0.15, -0.1) is 11.8 Å². The fourth-order valence-corrected chi connectivity index (χ4v) is 3.18. The van der Waals surface area contributed by atoms with E-state index in [0.717, 1.165) is 0 Å². The number of benzene rings is 2. The number of hydrogen-bond acceptors (Lipinski definition) is 3. The van der Waals surface area contributed by atoms with Crippen LogP contribution in [0, 0.1) is 0 Å². The normalized spacial score (nSPS) is 17.1. The van der Waals surface area contributed by atoms with E-state index in [1.807, 2.05) is 42.7 Å². The number of thioether (sulfide) groups is 1. The van der Waals surface area contributed by atoms with Gasteiger partial charge in [-0.2, -0.15) is 0 Å². The van der Waals surface area contributed by atoms with Crippen LogP contribution in [0.3, 0.4) is 0 Å². The summed E-state index contributed by atoms with van der Waals surface area (Å²) in [5, 5.41) is -0.472. The molecule has 20 heavy (non-hydrogen) atoms. The minimum absolute atomic E-state index is 0.00242. The van der Waals surface area contributed by atoms with E-state index in [2.05, 4.69) is 0 Å². The van der Waals surface area contributed by atoms with Crippen LogP contribution < -0.4 is 4.90 Å². The van der Waals surface area contributed by atoms with E-state index in [0.29, 0.717) is 16.8 Å². The molecule has 3 rings (SSSR count). The summed E-state index contributed by atoms with van der Waals surface area (Å²) in [6.07, 6.45) is 1.85. The van der Waals surface area contributed by atoms with Crippen molar-refractivity contribution in [3.05, 3.63) is 65.7 Å². The first kappa shape index (κ1) is 12.9. The Morgan fingerprint density at radius 1 is 1.05 bits per heavy atom. The summed E-state index contributed by atoms with van der Waals surface area (Å²) in [5.41, 5.74) is 1.91. The maximum absolute atomic E-state index is 12.7. The van der Waals surface area contributed by atoms with E-state index in [9.17, 15) is 9.59 Å². The number of hydrogen-bond donors (Lipinski definition) is 0. The summed E-state index contributed by atoms with van der Waals surface area (Å²) in [6, 6.07) is 16.3. The van der Waals surface area contributed by atoms with Crippen molar-refractivity contribution in [3.8, 4) is 0 Å². The molecule has 1 unspecified atom stereocenters. The Morgan fingerprint density at radius 3 is 2.40 bits per heavy atom. The number of carbonyl (C=O) groups excluding carboxylic acids is 2. The largest absolute Gasteiger partial charge is 0.291 e. The molecule has 1 atom stereocenters. The van der Waals surface area contributed by atoms with Gasteiger partial charge in [0.25, 0.3) is 5.91 Å². The highest BCUT2D eigenvalue weighted by Crippen LogP contribution is 2.36. The van der Waals surface area contributed by atoms with E-state index in [1.165, 1.54) is 11.8 Å². The van der Waals surface area contributed by atoms with Crippen LogP contribution in [0.4, 0.5) is 5.69 Å². The van der Waals surface area contributed by atoms with E-state index in [-0.39, 0.29) is 11.7 Å². The molecule has 1 aliphatic heterocycles. The molecule has 0 bridgehead atoms. The molecule has 3 nitrogen and oxygen atoms in total. The molecule has 1 amide bonds. The molecule has 1 aliphatic rings. The highest BCUT2D eigenvalue weighted by atomic mass is 32.2. The van der Waals surface area contributed by atoms with Crippen molar-refractivity contribution in [2.24, 2.45) is 0 Å². The maximum Gasteiger partial charge on any atom is 0.259 e. The monoisotopic (exact) mass is 283 g/mol. The number of rotatable bonds is 2. The molecule has 1 heterocycles. The van der Waals surface area contributed by atoms with Crippen LogP contribution in [0.2, 0.25) is 0 Å². The standard InChI is InChI=1S/C16H13NO2S/c1-20-16-14(18)12-9-5-6-10-13(12)17(16)15(19)11-7-3-2-4-8-11/h2-10,16H,1H3. The molecule has 2 aromatic rings. The molecule has 0 radical (unpaired) electrons. The van der Waals surface area contributed by atoms with Crippen molar-refractivity contribution >= 4 is 29.1 Å². The SMILES string of the molecule is CSC1C(=O)c2ccccc2N1C(=O)c1ccccc1. The number of anilines is 1. The number of amides is 1. The Labute approximate surface area is 121 Å². The van der Waals surface area contributed by atoms with Crippen LogP contribution in [-0.4, -0.2) is 23.3 Å². The Morgan fingerprint density at radius 2 is 1.70 bits per heavy atom. The fraction of sp³-hybridized carbons (Fsp3) is 0.125. The second-order valence-electron chi connectivity index (χ2n) is 4.51. The van der Waals surface area contributed by atoms with Crippen LogP contribution in [0.25, 0.3) is 0 Å². The van der Waals surface area contributed by atoms with Crippen molar-refractivity contribution in [1.82, 2.24) is 0 Å². The fourth-order valence-electron chi connectivity index (χ4n) is 2.42. The van der Waals surface area contributed by atoms with Gasteiger partial charge in [0.1, 0.15) is 5.37 Å². The Kier molecular flexibility index (Phi) is 3.32. The lowest BCUT2D eigenvalue weighted by Gasteiger charge is -2.22. The number of ketones is 1. The average molecular weight is 283 g/mol. The third-order valence-electron chi connectivity index (χ3n) is 3.35. The van der Waals surface area contributed by atoms with Gasteiger partial charge in [0, 0.05) is 11.1 Å². The highest BCUT2D eigenvalue weighted by Gasteiger charge is 2.40. The molecule has 2 aromatic carbocycles. The lowest BCUT2D eigenvalue weighted by atomic mass is 10.1. The predicted octanol–water partition coefficient (Wildman–Crippen LogP) is 3.22. The zero-order valence-corrected chi connectivity index (χ0v) is 11.8. The van der Waals surface area contributed by atoms with E-state index in [4.69, 9.17) is 0 Å². The van der Waals surface area contributed by atoms with Crippen molar-refractivity contribution in [1.29, 1.82) is 0 Å². The van der Waals surface area contributed by atoms with Gasteiger partial charge in [-0.05, 0) is 30.5 Å². The van der Waals surface area contributed by atoms with Crippen molar-refractivity contribution in [2.75, 3.05) is 11.2 Å². The zero-order chi connectivity index (χ0) is 14.1. The Hall–Kier alpha value is -2.07. The van der Waals surface area contributed by atoms with Crippen LogP contribution in [-0.2, 0) is 0 Å². The van der Waals surface area contributed by atoms with E-state index in [1.54, 1.807) is 23.1 Å². The number of para-hydroxylation sites is 1. The molecule has 0 spiro atoms. The minimum atomic E-state index is -0.472. The zero-order valence-electron chi connectivity index (χ0n) is 10.9. The Balaban J connectivity index is 2.08. The molecule has 0 fully saturated rings. The first-order valence-corrected chi connectivity index (χ1v) is 7.57. The number of Topliss-reactive ketones (excluding diaryl/α,β-unsaturated/α-hetero) is 1. The van der Waals surface area contributed by atoms with Gasteiger partial charge in [0.05, 0.1) is 5.69 Å². The minimum Gasteiger partial charge on any atom is -0.291 e. The van der Waals surface area contributed by atoms with Crippen LogP contribution >= 0.6 is 11.8 Å². The van der Waals surface area contributed by atoms with Gasteiger partial charge >= 0.3 is 0 Å². The summed E-state index contributed by atoms with van der Waals surface area (Å²) in [7, 11) is 0. The van der Waals surface area contributed by atoms with Crippen molar-refractivity contribution in [2.45, 2.75) is 5.37 Å². The first-order valence-electron chi connectivity index (χ1n) is 6.28. The maximum atomic E-state index is 12.7. The smallest absolute Gasteiger partial charge is 0.259 e. The number of nitrogens with zero attached hydrogens (tertiary/aromatic N) is 1. The molecular formula is C16H13NO2S. The summed E-state index contributed by atoms with van der Waals surface area (Å²) in [5.74, 6) is -0.138. The van der Waals surface area contributed by atoms with Crippen LogP contribution in [0.15, 0.2) is 54.6 Å². The summed E-state index contributed by atoms with van der Waals surface area (Å²) in [4.78, 5) is 26.6. The molecular weight excluding hydrogens is 270 g/mol. The van der Waals surface area contributed by atoms with Crippen molar-refractivity contribution in [3.63, 3.8) is 0 Å². The topological polar surface area (TPSA) is 37.4 Å². The Bertz CT molecular complexity index is 669.